The van der Waals surface area contributed by atoms with Crippen LogP contribution in [-0.2, 0) is 4.79 Å². The second kappa shape index (κ2) is 5.97. The number of amides is 1. The molecule has 1 aromatic carbocycles. The highest BCUT2D eigenvalue weighted by Crippen LogP contribution is 2.34. The van der Waals surface area contributed by atoms with E-state index < -0.39 is 0 Å². The molecular formula is C14H8Cl2N2O2S. The van der Waals surface area contributed by atoms with Crippen LogP contribution in [0.5, 0.6) is 0 Å². The first-order valence-electron chi connectivity index (χ1n) is 5.89. The second-order valence-corrected chi connectivity index (χ2v) is 5.93. The molecule has 7 heteroatoms. The number of nitrogens with one attached hydrogen (secondary N) is 1. The van der Waals surface area contributed by atoms with Crippen LogP contribution in [0.15, 0.2) is 51.1 Å². The minimum Gasteiger partial charge on any atom is -0.472 e. The number of amidine groups is 1. The van der Waals surface area contributed by atoms with Crippen LogP contribution in [0, 0.1) is 0 Å². The summed E-state index contributed by atoms with van der Waals surface area (Å²) in [6, 6.07) is 6.92. The smallest absolute Gasteiger partial charge is 0.264 e. The van der Waals surface area contributed by atoms with E-state index in [0.29, 0.717) is 25.8 Å². The predicted octanol–water partition coefficient (Wildman–Crippen LogP) is 4.48. The fourth-order valence-electron chi connectivity index (χ4n) is 1.68. The van der Waals surface area contributed by atoms with Gasteiger partial charge in [0.05, 0.1) is 33.2 Å². The van der Waals surface area contributed by atoms with Crippen molar-refractivity contribution in [3.8, 4) is 0 Å². The van der Waals surface area contributed by atoms with Crippen molar-refractivity contribution in [1.29, 1.82) is 0 Å². The zero-order chi connectivity index (χ0) is 14.8. The van der Waals surface area contributed by atoms with Crippen molar-refractivity contribution in [2.24, 2.45) is 4.99 Å². The van der Waals surface area contributed by atoms with E-state index in [4.69, 9.17) is 27.6 Å². The Hall–Kier alpha value is -1.69. The van der Waals surface area contributed by atoms with E-state index in [2.05, 4.69) is 10.3 Å². The van der Waals surface area contributed by atoms with Crippen molar-refractivity contribution in [3.05, 3.63) is 57.3 Å². The molecule has 0 aliphatic carbocycles. The Bertz CT molecular complexity index is 754. The first kappa shape index (κ1) is 14.3. The molecule has 1 fully saturated rings. The maximum Gasteiger partial charge on any atom is 0.264 e. The number of furan rings is 1. The van der Waals surface area contributed by atoms with Gasteiger partial charge in [0.2, 0.25) is 0 Å². The Balaban J connectivity index is 1.87. The van der Waals surface area contributed by atoms with E-state index in [0.717, 1.165) is 5.56 Å². The quantitative estimate of drug-likeness (QED) is 0.821. The zero-order valence-corrected chi connectivity index (χ0v) is 12.8. The molecule has 0 atom stereocenters. The molecule has 106 valence electrons. The van der Waals surface area contributed by atoms with Crippen molar-refractivity contribution in [3.63, 3.8) is 0 Å². The molecule has 1 saturated heterocycles. The molecule has 0 saturated carbocycles. The third kappa shape index (κ3) is 3.15. The minimum absolute atomic E-state index is 0.210. The molecule has 21 heavy (non-hydrogen) atoms. The lowest BCUT2D eigenvalue weighted by Gasteiger charge is -2.00. The molecule has 1 N–H and O–H groups in total. The van der Waals surface area contributed by atoms with Gasteiger partial charge in [-0.25, -0.2) is 4.99 Å². The van der Waals surface area contributed by atoms with Crippen LogP contribution in [0.25, 0.3) is 6.08 Å². The second-order valence-electron chi connectivity index (χ2n) is 4.11. The van der Waals surface area contributed by atoms with Crippen molar-refractivity contribution >= 4 is 57.8 Å². The average Bonchev–Trinajstić information content (AvgIpc) is 3.07. The van der Waals surface area contributed by atoms with E-state index in [-0.39, 0.29) is 5.91 Å². The highest BCUT2D eigenvalue weighted by atomic mass is 35.5. The van der Waals surface area contributed by atoms with E-state index in [1.54, 1.807) is 42.9 Å². The van der Waals surface area contributed by atoms with Crippen LogP contribution in [0.1, 0.15) is 5.56 Å². The normalized spacial score (nSPS) is 18.5. The maximum absolute atomic E-state index is 11.9. The number of aliphatic imine (C=N–C) groups is 1. The predicted molar refractivity (Wildman–Crippen MR) is 86.0 cm³/mol. The zero-order valence-electron chi connectivity index (χ0n) is 10.5. The van der Waals surface area contributed by atoms with Gasteiger partial charge in [-0.3, -0.25) is 4.79 Å². The van der Waals surface area contributed by atoms with Gasteiger partial charge in [-0.1, -0.05) is 29.3 Å². The average molecular weight is 339 g/mol. The Morgan fingerprint density at radius 3 is 2.90 bits per heavy atom. The van der Waals surface area contributed by atoms with Gasteiger partial charge in [-0.15, -0.1) is 0 Å². The lowest BCUT2D eigenvalue weighted by Crippen LogP contribution is -2.19. The lowest BCUT2D eigenvalue weighted by atomic mass is 10.3. The molecule has 3 rings (SSSR count). The van der Waals surface area contributed by atoms with Crippen LogP contribution in [0.2, 0.25) is 10.0 Å². The molecule has 1 aliphatic heterocycles. The molecule has 0 radical (unpaired) electrons. The lowest BCUT2D eigenvalue weighted by molar-refractivity contribution is -0.115. The van der Waals surface area contributed by atoms with Gasteiger partial charge in [-0.2, -0.15) is 0 Å². The Labute approximate surface area is 134 Å². The van der Waals surface area contributed by atoms with E-state index >= 15 is 0 Å². The molecule has 0 spiro atoms. The molecule has 2 heterocycles. The number of hydrogen-bond donors (Lipinski definition) is 1. The van der Waals surface area contributed by atoms with Gasteiger partial charge in [0.25, 0.3) is 5.91 Å². The van der Waals surface area contributed by atoms with Gasteiger partial charge in [-0.05, 0) is 36.0 Å². The molecule has 1 aliphatic rings. The summed E-state index contributed by atoms with van der Waals surface area (Å²) < 4.78 is 4.96. The first-order chi connectivity index (χ1) is 10.1. The molecule has 0 bridgehead atoms. The van der Waals surface area contributed by atoms with Crippen LogP contribution < -0.4 is 5.32 Å². The number of benzene rings is 1. The summed E-state index contributed by atoms with van der Waals surface area (Å²) >= 11 is 13.2. The first-order valence-corrected chi connectivity index (χ1v) is 7.46. The monoisotopic (exact) mass is 338 g/mol. The SMILES string of the molecule is O=C1NC(=Nc2cccc(Cl)c2Cl)S/C1=C/c1ccoc1. The fraction of sp³-hybridized carbons (Fsp3) is 0. The number of nitrogens with zero attached hydrogens (tertiary/aromatic N) is 1. The van der Waals surface area contributed by atoms with Gasteiger partial charge in [0.1, 0.15) is 0 Å². The Morgan fingerprint density at radius 2 is 2.14 bits per heavy atom. The van der Waals surface area contributed by atoms with Gasteiger partial charge in [0, 0.05) is 5.56 Å². The molecule has 1 amide bonds. The fourth-order valence-corrected chi connectivity index (χ4v) is 2.85. The van der Waals surface area contributed by atoms with Crippen molar-refractivity contribution < 1.29 is 9.21 Å². The summed E-state index contributed by atoms with van der Waals surface area (Å²) in [5, 5.41) is 3.92. The number of thioether (sulfide) groups is 1. The van der Waals surface area contributed by atoms with Crippen LogP contribution in [0.3, 0.4) is 0 Å². The maximum atomic E-state index is 11.9. The number of halogens is 2. The summed E-state index contributed by atoms with van der Waals surface area (Å²) in [7, 11) is 0. The van der Waals surface area contributed by atoms with Gasteiger partial charge >= 0.3 is 0 Å². The Kier molecular flexibility index (Phi) is 4.05. The van der Waals surface area contributed by atoms with Gasteiger partial charge < -0.3 is 9.73 Å². The number of carbonyl (C=O) groups excluding carboxylic acids is 1. The van der Waals surface area contributed by atoms with E-state index in [1.165, 1.54) is 11.8 Å². The number of carbonyl (C=O) groups is 1. The summed E-state index contributed by atoms with van der Waals surface area (Å²) in [5.74, 6) is -0.210. The van der Waals surface area contributed by atoms with Crippen molar-refractivity contribution in [2.45, 2.75) is 0 Å². The largest absolute Gasteiger partial charge is 0.472 e. The van der Waals surface area contributed by atoms with Crippen LogP contribution in [0.4, 0.5) is 5.69 Å². The van der Waals surface area contributed by atoms with Crippen LogP contribution in [-0.4, -0.2) is 11.1 Å². The molecule has 0 unspecified atom stereocenters. The molecular weight excluding hydrogens is 331 g/mol. The standard InChI is InChI=1S/C14H8Cl2N2O2S/c15-9-2-1-3-10(12(9)16)17-14-18-13(19)11(21-14)6-8-4-5-20-7-8/h1-7H,(H,17,18,19)/b11-6+. The van der Waals surface area contributed by atoms with Crippen molar-refractivity contribution in [2.75, 3.05) is 0 Å². The van der Waals surface area contributed by atoms with Crippen molar-refractivity contribution in [1.82, 2.24) is 5.32 Å². The summed E-state index contributed by atoms with van der Waals surface area (Å²) in [4.78, 5) is 16.7. The summed E-state index contributed by atoms with van der Waals surface area (Å²) in [6.45, 7) is 0. The molecule has 4 nitrogen and oxygen atoms in total. The minimum atomic E-state index is -0.210. The number of hydrogen-bond acceptors (Lipinski definition) is 4. The van der Waals surface area contributed by atoms with Crippen LogP contribution >= 0.6 is 35.0 Å². The molecule has 2 aromatic rings. The summed E-state index contributed by atoms with van der Waals surface area (Å²) in [5.41, 5.74) is 1.33. The van der Waals surface area contributed by atoms with E-state index in [1.807, 2.05) is 0 Å². The third-order valence-electron chi connectivity index (χ3n) is 2.65. The topological polar surface area (TPSA) is 54.6 Å². The number of rotatable bonds is 2. The summed E-state index contributed by atoms with van der Waals surface area (Å²) in [6.07, 6.45) is 4.83. The Morgan fingerprint density at radius 1 is 1.29 bits per heavy atom. The highest BCUT2D eigenvalue weighted by Gasteiger charge is 2.24. The molecule has 1 aromatic heterocycles. The highest BCUT2D eigenvalue weighted by molar-refractivity contribution is 8.18. The van der Waals surface area contributed by atoms with Gasteiger partial charge in [0.15, 0.2) is 5.17 Å². The third-order valence-corrected chi connectivity index (χ3v) is 4.36. The van der Waals surface area contributed by atoms with E-state index in [9.17, 15) is 4.79 Å².